The van der Waals surface area contributed by atoms with E-state index in [9.17, 15) is 0 Å². The number of benzene rings is 5. The van der Waals surface area contributed by atoms with Crippen molar-refractivity contribution in [2.45, 2.75) is 50.8 Å². The molecule has 0 unspecified atom stereocenters. The van der Waals surface area contributed by atoms with Crippen LogP contribution in [0.15, 0.2) is 140 Å². The molecule has 8 heteroatoms. The monoisotopic (exact) mass is 671 g/mol. The van der Waals surface area contributed by atoms with Crippen molar-refractivity contribution in [3.8, 4) is 0 Å². The van der Waals surface area contributed by atoms with Gasteiger partial charge in [0.2, 0.25) is 5.28 Å². The number of ether oxygens (including phenoxy) is 4. The van der Waals surface area contributed by atoms with Crippen molar-refractivity contribution < 1.29 is 18.9 Å². The van der Waals surface area contributed by atoms with E-state index in [-0.39, 0.29) is 11.4 Å². The summed E-state index contributed by atoms with van der Waals surface area (Å²) in [6.45, 7) is 2.24. The van der Waals surface area contributed by atoms with Gasteiger partial charge in [-0.25, -0.2) is 9.97 Å². The molecule has 6 aromatic rings. The largest absolute Gasteiger partial charge is 0.374 e. The average Bonchev–Trinajstić information content (AvgIpc) is 3.50. The molecule has 0 saturated carbocycles. The van der Waals surface area contributed by atoms with E-state index in [1.165, 1.54) is 0 Å². The molecule has 0 spiro atoms. The Morgan fingerprint density at radius 1 is 0.612 bits per heavy atom. The Labute approximate surface area is 291 Å². The van der Waals surface area contributed by atoms with Crippen LogP contribution in [0.5, 0.6) is 0 Å². The van der Waals surface area contributed by atoms with Crippen molar-refractivity contribution in [2.24, 2.45) is 0 Å². The van der Waals surface area contributed by atoms with Crippen molar-refractivity contribution in [3.05, 3.63) is 173 Å². The predicted molar refractivity (Wildman–Crippen MR) is 192 cm³/mol. The molecular formula is C41H38ClN3O4. The molecule has 1 aromatic heterocycles. The maximum Gasteiger partial charge on any atom is 0.224 e. The third kappa shape index (κ3) is 8.51. The van der Waals surface area contributed by atoms with Gasteiger partial charge in [0, 0.05) is 11.9 Å². The fourth-order valence-corrected chi connectivity index (χ4v) is 6.30. The van der Waals surface area contributed by atoms with Gasteiger partial charge in [-0.05, 0) is 51.6 Å². The standard InChI is InChI=1S/C41H38ClN3O4/c42-41-44-35-23-33(21-22-34(35)40(45-41)43-24-29-13-5-1-6-14-29)37-39(48-27-32-19-11-4-12-20-32)38(47-26-31-17-9-3-10-18-31)36(49-37)28-46-25-30-15-7-2-8-16-30/h1-23,36-39H,24-28H2,(H,43,44,45)/t36-,37+,38-,39+/m1/s1. The molecule has 1 N–H and O–H groups in total. The number of nitrogens with zero attached hydrogens (tertiary/aromatic N) is 2. The summed E-state index contributed by atoms with van der Waals surface area (Å²) in [6.07, 6.45) is -1.67. The molecule has 1 aliphatic heterocycles. The quantitative estimate of drug-likeness (QED) is 0.116. The molecule has 0 radical (unpaired) electrons. The summed E-state index contributed by atoms with van der Waals surface area (Å²) in [5.41, 5.74) is 6.00. The molecule has 248 valence electrons. The summed E-state index contributed by atoms with van der Waals surface area (Å²) in [4.78, 5) is 9.11. The summed E-state index contributed by atoms with van der Waals surface area (Å²) in [5, 5.41) is 4.47. The van der Waals surface area contributed by atoms with Gasteiger partial charge in [0.05, 0.1) is 31.9 Å². The van der Waals surface area contributed by atoms with Crippen LogP contribution in [0.3, 0.4) is 0 Å². The van der Waals surface area contributed by atoms with E-state index in [0.717, 1.165) is 33.2 Å². The first-order valence-corrected chi connectivity index (χ1v) is 16.9. The van der Waals surface area contributed by atoms with Gasteiger partial charge >= 0.3 is 0 Å². The third-order valence-corrected chi connectivity index (χ3v) is 8.77. The molecule has 49 heavy (non-hydrogen) atoms. The minimum Gasteiger partial charge on any atom is -0.374 e. The Hall–Kier alpha value is -4.63. The highest BCUT2D eigenvalue weighted by Gasteiger charge is 2.47. The maximum absolute atomic E-state index is 6.84. The van der Waals surface area contributed by atoms with Crippen LogP contribution in [-0.4, -0.2) is 34.9 Å². The molecule has 1 aliphatic rings. The number of nitrogens with one attached hydrogen (secondary N) is 1. The Kier molecular flexibility index (Phi) is 10.9. The number of hydrogen-bond acceptors (Lipinski definition) is 7. The second-order valence-corrected chi connectivity index (χ2v) is 12.4. The Balaban J connectivity index is 1.18. The summed E-state index contributed by atoms with van der Waals surface area (Å²) < 4.78 is 26.5. The lowest BCUT2D eigenvalue weighted by molar-refractivity contribution is -0.0898. The number of aromatic nitrogens is 2. The van der Waals surface area contributed by atoms with Crippen molar-refractivity contribution in [1.82, 2.24) is 9.97 Å². The Morgan fingerprint density at radius 3 is 1.78 bits per heavy atom. The highest BCUT2D eigenvalue weighted by Crippen LogP contribution is 2.40. The molecule has 7 rings (SSSR count). The molecule has 1 fully saturated rings. The minimum absolute atomic E-state index is 0.167. The van der Waals surface area contributed by atoms with E-state index in [1.807, 2.05) is 84.9 Å². The van der Waals surface area contributed by atoms with Crippen LogP contribution in [0, 0.1) is 0 Å². The topological polar surface area (TPSA) is 74.7 Å². The highest BCUT2D eigenvalue weighted by atomic mass is 35.5. The van der Waals surface area contributed by atoms with E-state index < -0.39 is 18.3 Å². The molecule has 0 bridgehead atoms. The van der Waals surface area contributed by atoms with Crippen molar-refractivity contribution in [3.63, 3.8) is 0 Å². The smallest absolute Gasteiger partial charge is 0.224 e. The summed E-state index contributed by atoms with van der Waals surface area (Å²) in [6, 6.07) is 46.7. The zero-order chi connectivity index (χ0) is 33.3. The highest BCUT2D eigenvalue weighted by molar-refractivity contribution is 6.28. The lowest BCUT2D eigenvalue weighted by Gasteiger charge is -2.25. The molecule has 0 amide bonds. The number of hydrogen-bond donors (Lipinski definition) is 1. The lowest BCUT2D eigenvalue weighted by atomic mass is 9.99. The SMILES string of the molecule is Clc1nc(NCc2ccccc2)c2ccc([C@@H]3O[C@H](COCc4ccccc4)[C@@H](OCc4ccccc4)[C@H]3OCc3ccccc3)cc2n1. The first-order valence-electron chi connectivity index (χ1n) is 16.5. The second-order valence-electron chi connectivity index (χ2n) is 12.1. The van der Waals surface area contributed by atoms with Crippen molar-refractivity contribution in [2.75, 3.05) is 11.9 Å². The molecule has 2 heterocycles. The van der Waals surface area contributed by atoms with Gasteiger partial charge in [0.1, 0.15) is 30.2 Å². The van der Waals surface area contributed by atoms with Crippen LogP contribution in [0.4, 0.5) is 5.82 Å². The number of anilines is 1. The zero-order valence-corrected chi connectivity index (χ0v) is 27.8. The second kappa shape index (κ2) is 16.2. The first kappa shape index (κ1) is 32.9. The van der Waals surface area contributed by atoms with Crippen LogP contribution in [-0.2, 0) is 45.3 Å². The van der Waals surface area contributed by atoms with Gasteiger partial charge in [-0.15, -0.1) is 0 Å². The van der Waals surface area contributed by atoms with Gasteiger partial charge in [-0.1, -0.05) is 127 Å². The summed E-state index contributed by atoms with van der Waals surface area (Å²) in [5.74, 6) is 0.672. The number of halogens is 1. The molecule has 1 saturated heterocycles. The van der Waals surface area contributed by atoms with Gasteiger partial charge in [0.15, 0.2) is 0 Å². The first-order chi connectivity index (χ1) is 24.2. The third-order valence-electron chi connectivity index (χ3n) is 8.60. The zero-order valence-electron chi connectivity index (χ0n) is 27.0. The van der Waals surface area contributed by atoms with E-state index in [4.69, 9.17) is 30.5 Å². The van der Waals surface area contributed by atoms with Crippen LogP contribution in [0.25, 0.3) is 10.9 Å². The molecule has 5 aromatic carbocycles. The van der Waals surface area contributed by atoms with Gasteiger partial charge in [-0.3, -0.25) is 0 Å². The van der Waals surface area contributed by atoms with E-state index in [2.05, 4.69) is 69.9 Å². The Bertz CT molecular complexity index is 1920. The van der Waals surface area contributed by atoms with Crippen molar-refractivity contribution >= 4 is 28.3 Å². The molecular weight excluding hydrogens is 634 g/mol. The average molecular weight is 672 g/mol. The molecule has 4 atom stereocenters. The van der Waals surface area contributed by atoms with Crippen LogP contribution in [0.1, 0.15) is 33.9 Å². The molecule has 7 nitrogen and oxygen atoms in total. The maximum atomic E-state index is 6.84. The number of rotatable bonds is 14. The van der Waals surface area contributed by atoms with E-state index in [1.54, 1.807) is 0 Å². The summed E-state index contributed by atoms with van der Waals surface area (Å²) >= 11 is 6.46. The minimum atomic E-state index is -0.450. The fraction of sp³-hybridized carbons (Fsp3) is 0.220. The van der Waals surface area contributed by atoms with Crippen LogP contribution in [0.2, 0.25) is 5.28 Å². The fourth-order valence-electron chi connectivity index (χ4n) is 6.13. The summed E-state index contributed by atoms with van der Waals surface area (Å²) in [7, 11) is 0. The van der Waals surface area contributed by atoms with Gasteiger partial charge in [-0.2, -0.15) is 0 Å². The normalized spacial score (nSPS) is 18.9. The number of fused-ring (bicyclic) bond motifs is 1. The lowest BCUT2D eigenvalue weighted by Crippen LogP contribution is -2.37. The molecule has 0 aliphatic carbocycles. The van der Waals surface area contributed by atoms with Crippen LogP contribution < -0.4 is 5.32 Å². The van der Waals surface area contributed by atoms with Crippen molar-refractivity contribution in [1.29, 1.82) is 0 Å². The van der Waals surface area contributed by atoms with Gasteiger partial charge < -0.3 is 24.3 Å². The van der Waals surface area contributed by atoms with Gasteiger partial charge in [0.25, 0.3) is 0 Å². The van der Waals surface area contributed by atoms with E-state index >= 15 is 0 Å². The Morgan fingerprint density at radius 2 is 1.16 bits per heavy atom. The van der Waals surface area contributed by atoms with Crippen LogP contribution >= 0.6 is 11.6 Å². The predicted octanol–water partition coefficient (Wildman–Crippen LogP) is 8.72. The van der Waals surface area contributed by atoms with E-state index in [0.29, 0.717) is 44.3 Å².